The molecule has 3 saturated carbocycles. The van der Waals surface area contributed by atoms with Gasteiger partial charge in [-0.2, -0.15) is 0 Å². The smallest absolute Gasteiger partial charge is 0.303 e. The number of aliphatic hydroxyl groups excluding tert-OH is 1. The zero-order valence-electron chi connectivity index (χ0n) is 20.4. The maximum absolute atomic E-state index is 17.7. The van der Waals surface area contributed by atoms with Crippen LogP contribution in [0.4, 0.5) is 4.39 Å². The lowest BCUT2D eigenvalue weighted by molar-refractivity contribution is -0.250. The lowest BCUT2D eigenvalue weighted by Gasteiger charge is -2.63. The minimum Gasteiger partial charge on any atom is -0.459 e. The van der Waals surface area contributed by atoms with E-state index < -0.39 is 64.4 Å². The standard InChI is InChI=1S/C26H33FO7/c1-14(29)32-21-12-24(5)18(11-20-26(24,19(31)13-28)34-22(2,3)33-20)17-7-6-15-10-16(30)8-9-23(15,4)25(17,21)27/h8-10,17-18,20-21,28H,6-7,11-13H2,1-5H3/t17-,18-,20+,21-,23-,24-,25-,26+/m0/s1. The van der Waals surface area contributed by atoms with Crippen LogP contribution in [-0.4, -0.2) is 58.5 Å². The normalized spacial score (nSPS) is 48.3. The number of alkyl halides is 1. The van der Waals surface area contributed by atoms with Crippen molar-refractivity contribution >= 4 is 17.5 Å². The fraction of sp³-hybridized carbons (Fsp3) is 0.731. The molecule has 7 nitrogen and oxygen atoms in total. The van der Waals surface area contributed by atoms with Gasteiger partial charge in [0.25, 0.3) is 0 Å². The van der Waals surface area contributed by atoms with Gasteiger partial charge in [0.05, 0.1) is 6.10 Å². The highest BCUT2D eigenvalue weighted by Gasteiger charge is 2.80. The summed E-state index contributed by atoms with van der Waals surface area (Å²) >= 11 is 0. The Kier molecular flexibility index (Phi) is 4.96. The fourth-order valence-electron chi connectivity index (χ4n) is 8.22. The molecule has 0 amide bonds. The Labute approximate surface area is 198 Å². The summed E-state index contributed by atoms with van der Waals surface area (Å²) in [6.07, 6.45) is 4.10. The summed E-state index contributed by atoms with van der Waals surface area (Å²) in [5.41, 5.74) is -4.81. The molecule has 0 radical (unpaired) electrons. The zero-order chi connectivity index (χ0) is 24.9. The highest BCUT2D eigenvalue weighted by Crippen LogP contribution is 2.72. The van der Waals surface area contributed by atoms with Crippen LogP contribution in [0.1, 0.15) is 60.3 Å². The highest BCUT2D eigenvalue weighted by molar-refractivity contribution is 6.01. The number of carbonyl (C=O) groups excluding carboxylic acids is 3. The molecule has 1 N–H and O–H groups in total. The van der Waals surface area contributed by atoms with Gasteiger partial charge in [0.15, 0.2) is 28.6 Å². The molecular formula is C26H33FO7. The maximum atomic E-state index is 17.7. The van der Waals surface area contributed by atoms with E-state index in [2.05, 4.69) is 0 Å². The summed E-state index contributed by atoms with van der Waals surface area (Å²) in [6.45, 7) is 7.64. The van der Waals surface area contributed by atoms with Crippen LogP contribution in [0.15, 0.2) is 23.8 Å². The summed E-state index contributed by atoms with van der Waals surface area (Å²) < 4.78 is 36.0. The van der Waals surface area contributed by atoms with E-state index in [0.717, 1.165) is 0 Å². The topological polar surface area (TPSA) is 99.1 Å². The summed E-state index contributed by atoms with van der Waals surface area (Å²) in [5.74, 6) is -3.21. The number of hydrogen-bond donors (Lipinski definition) is 1. The monoisotopic (exact) mass is 476 g/mol. The van der Waals surface area contributed by atoms with Crippen molar-refractivity contribution < 1.29 is 38.1 Å². The highest BCUT2D eigenvalue weighted by atomic mass is 19.1. The summed E-state index contributed by atoms with van der Waals surface area (Å²) in [7, 11) is 0. The van der Waals surface area contributed by atoms with Gasteiger partial charge in [-0.3, -0.25) is 14.4 Å². The van der Waals surface area contributed by atoms with E-state index in [9.17, 15) is 19.5 Å². The number of esters is 1. The fourth-order valence-corrected chi connectivity index (χ4v) is 8.22. The Hall–Kier alpha value is -1.90. The van der Waals surface area contributed by atoms with Crippen molar-refractivity contribution in [1.82, 2.24) is 0 Å². The molecule has 8 heteroatoms. The second-order valence-corrected chi connectivity index (χ2v) is 11.5. The minimum absolute atomic E-state index is 0.0383. The second-order valence-electron chi connectivity index (χ2n) is 11.5. The van der Waals surface area contributed by atoms with Gasteiger partial charge >= 0.3 is 5.97 Å². The third kappa shape index (κ3) is 2.70. The van der Waals surface area contributed by atoms with Crippen molar-refractivity contribution in [3.8, 4) is 0 Å². The predicted molar refractivity (Wildman–Crippen MR) is 118 cm³/mol. The molecule has 4 fully saturated rings. The summed E-state index contributed by atoms with van der Waals surface area (Å²) in [6, 6.07) is 0. The largest absolute Gasteiger partial charge is 0.459 e. The molecule has 34 heavy (non-hydrogen) atoms. The van der Waals surface area contributed by atoms with Crippen LogP contribution in [0.2, 0.25) is 0 Å². The van der Waals surface area contributed by atoms with E-state index in [1.807, 2.05) is 6.92 Å². The number of allylic oxidation sites excluding steroid dienone is 4. The number of ketones is 2. The number of fused-ring (bicyclic) bond motifs is 7. The van der Waals surface area contributed by atoms with Gasteiger partial charge in [-0.1, -0.05) is 18.6 Å². The predicted octanol–water partition coefficient (Wildman–Crippen LogP) is 2.99. The van der Waals surface area contributed by atoms with Crippen LogP contribution in [0.5, 0.6) is 0 Å². The average Bonchev–Trinajstić information content (AvgIpc) is 3.15. The Morgan fingerprint density at radius 2 is 1.94 bits per heavy atom. The molecule has 5 rings (SSSR count). The van der Waals surface area contributed by atoms with Crippen LogP contribution in [-0.2, 0) is 28.6 Å². The van der Waals surface area contributed by atoms with Crippen LogP contribution in [0.25, 0.3) is 0 Å². The van der Waals surface area contributed by atoms with Crippen LogP contribution in [0, 0.1) is 22.7 Å². The van der Waals surface area contributed by atoms with Crippen molar-refractivity contribution in [3.05, 3.63) is 23.8 Å². The molecular weight excluding hydrogens is 443 g/mol. The van der Waals surface area contributed by atoms with E-state index in [1.54, 1.807) is 26.8 Å². The van der Waals surface area contributed by atoms with E-state index in [0.29, 0.717) is 24.8 Å². The quantitative estimate of drug-likeness (QED) is 0.625. The molecule has 1 saturated heterocycles. The lowest BCUT2D eigenvalue weighted by atomic mass is 9.44. The first-order chi connectivity index (χ1) is 15.7. The molecule has 1 aliphatic heterocycles. The SMILES string of the molecule is CC(=O)O[C@H]1C[C@@]2(C)[C@@H](C[C@H]3OC(C)(C)O[C@]32C(=O)CO)[C@@H]2CCC3=CC(=O)C=C[C@]3(C)[C@@]12F. The van der Waals surface area contributed by atoms with Crippen LogP contribution >= 0.6 is 0 Å². The van der Waals surface area contributed by atoms with Crippen LogP contribution < -0.4 is 0 Å². The number of hydrogen-bond acceptors (Lipinski definition) is 7. The zero-order valence-corrected chi connectivity index (χ0v) is 20.4. The van der Waals surface area contributed by atoms with E-state index in [1.165, 1.54) is 19.1 Å². The van der Waals surface area contributed by atoms with E-state index >= 15 is 4.39 Å². The molecule has 0 aromatic carbocycles. The Bertz CT molecular complexity index is 1030. The van der Waals surface area contributed by atoms with Gasteiger partial charge in [-0.15, -0.1) is 0 Å². The number of Topliss-reactive ketones (excluding diaryl/α,β-unsaturated/α-hetero) is 1. The first-order valence-electron chi connectivity index (χ1n) is 12.1. The summed E-state index contributed by atoms with van der Waals surface area (Å²) in [4.78, 5) is 37.6. The number of aliphatic hydroxyl groups is 1. The molecule has 186 valence electrons. The van der Waals surface area contributed by atoms with Gasteiger partial charge in [-0.25, -0.2) is 4.39 Å². The Morgan fingerprint density at radius 1 is 1.24 bits per heavy atom. The van der Waals surface area contributed by atoms with Crippen molar-refractivity contribution in [3.63, 3.8) is 0 Å². The van der Waals surface area contributed by atoms with Gasteiger partial charge in [0, 0.05) is 23.7 Å². The third-order valence-electron chi connectivity index (χ3n) is 9.48. The Morgan fingerprint density at radius 3 is 2.59 bits per heavy atom. The Balaban J connectivity index is 1.68. The van der Waals surface area contributed by atoms with Crippen molar-refractivity contribution in [1.29, 1.82) is 0 Å². The third-order valence-corrected chi connectivity index (χ3v) is 9.48. The molecule has 8 atom stereocenters. The molecule has 0 aromatic rings. The molecule has 4 aliphatic carbocycles. The van der Waals surface area contributed by atoms with Gasteiger partial charge in [-0.05, 0) is 64.5 Å². The molecule has 0 spiro atoms. The lowest BCUT2D eigenvalue weighted by Crippen LogP contribution is -2.70. The van der Waals surface area contributed by atoms with E-state index in [4.69, 9.17) is 14.2 Å². The van der Waals surface area contributed by atoms with Gasteiger partial charge in [0.1, 0.15) is 12.7 Å². The van der Waals surface area contributed by atoms with Crippen molar-refractivity contribution in [2.45, 2.75) is 89.6 Å². The van der Waals surface area contributed by atoms with Crippen molar-refractivity contribution in [2.75, 3.05) is 6.61 Å². The van der Waals surface area contributed by atoms with E-state index in [-0.39, 0.29) is 18.1 Å². The second kappa shape index (κ2) is 7.08. The maximum Gasteiger partial charge on any atom is 0.303 e. The number of rotatable bonds is 3. The van der Waals surface area contributed by atoms with Crippen LogP contribution in [0.3, 0.4) is 0 Å². The number of halogens is 1. The molecule has 0 aromatic heterocycles. The van der Waals surface area contributed by atoms with Gasteiger partial charge < -0.3 is 19.3 Å². The molecule has 1 heterocycles. The molecule has 0 unspecified atom stereocenters. The first kappa shape index (κ1) is 23.8. The summed E-state index contributed by atoms with van der Waals surface area (Å²) in [5, 5.41) is 9.93. The number of carbonyl (C=O) groups is 3. The van der Waals surface area contributed by atoms with Gasteiger partial charge in [0.2, 0.25) is 0 Å². The number of ether oxygens (including phenoxy) is 3. The van der Waals surface area contributed by atoms with Crippen molar-refractivity contribution in [2.24, 2.45) is 22.7 Å². The first-order valence-corrected chi connectivity index (χ1v) is 12.1. The minimum atomic E-state index is -1.98. The molecule has 5 aliphatic rings. The molecule has 0 bridgehead atoms. The average molecular weight is 477 g/mol.